The lowest BCUT2D eigenvalue weighted by atomic mass is 9.58. The molecule has 1 aromatic carbocycles. The van der Waals surface area contributed by atoms with Crippen LogP contribution in [0.1, 0.15) is 66.9 Å². The van der Waals surface area contributed by atoms with E-state index in [0.29, 0.717) is 36.3 Å². The topological polar surface area (TPSA) is 52.6 Å². The molecule has 128 valence electrons. The average molecular weight is 328 g/mol. The number of rotatable bonds is 2. The third kappa shape index (κ3) is 2.35. The van der Waals surface area contributed by atoms with E-state index >= 15 is 0 Å². The molecular formula is C20H24O4. The Balaban J connectivity index is 1.63. The van der Waals surface area contributed by atoms with Crippen LogP contribution >= 0.6 is 0 Å². The fourth-order valence-electron chi connectivity index (χ4n) is 5.19. The van der Waals surface area contributed by atoms with Gasteiger partial charge in [0.15, 0.2) is 0 Å². The zero-order valence-electron chi connectivity index (χ0n) is 14.3. The van der Waals surface area contributed by atoms with Crippen molar-refractivity contribution in [2.75, 3.05) is 6.61 Å². The van der Waals surface area contributed by atoms with Gasteiger partial charge in [0.2, 0.25) is 0 Å². The summed E-state index contributed by atoms with van der Waals surface area (Å²) in [5.74, 6) is 1.05. The summed E-state index contributed by atoms with van der Waals surface area (Å²) in [6.07, 6.45) is 4.58. The van der Waals surface area contributed by atoms with E-state index in [1.807, 2.05) is 19.1 Å². The maximum absolute atomic E-state index is 12.0. The van der Waals surface area contributed by atoms with Gasteiger partial charge in [-0.3, -0.25) is 4.79 Å². The summed E-state index contributed by atoms with van der Waals surface area (Å²) in [4.78, 5) is 23.8. The van der Waals surface area contributed by atoms with Crippen LogP contribution in [0, 0.1) is 11.8 Å². The van der Waals surface area contributed by atoms with Gasteiger partial charge in [-0.1, -0.05) is 6.07 Å². The summed E-state index contributed by atoms with van der Waals surface area (Å²) < 4.78 is 10.8. The third-order valence-corrected chi connectivity index (χ3v) is 6.30. The number of aryl methyl sites for hydroxylation is 1. The molecule has 0 aromatic heterocycles. The second-order valence-electron chi connectivity index (χ2n) is 7.58. The maximum Gasteiger partial charge on any atom is 0.338 e. The number of ether oxygens (including phenoxy) is 2. The van der Waals surface area contributed by atoms with Gasteiger partial charge < -0.3 is 9.47 Å². The van der Waals surface area contributed by atoms with Crippen molar-refractivity contribution in [2.45, 2.75) is 57.5 Å². The molecule has 1 aromatic rings. The first-order valence-corrected chi connectivity index (χ1v) is 9.03. The van der Waals surface area contributed by atoms with E-state index in [2.05, 4.69) is 13.0 Å². The highest BCUT2D eigenvalue weighted by molar-refractivity contribution is 5.89. The van der Waals surface area contributed by atoms with Gasteiger partial charge in [0.25, 0.3) is 0 Å². The van der Waals surface area contributed by atoms with Crippen LogP contribution in [0.25, 0.3) is 0 Å². The van der Waals surface area contributed by atoms with Crippen LogP contribution in [0.3, 0.4) is 0 Å². The van der Waals surface area contributed by atoms with E-state index in [9.17, 15) is 9.59 Å². The van der Waals surface area contributed by atoms with Crippen LogP contribution in [0.5, 0.6) is 0 Å². The van der Waals surface area contributed by atoms with Crippen LogP contribution in [0.2, 0.25) is 0 Å². The van der Waals surface area contributed by atoms with E-state index < -0.39 is 0 Å². The van der Waals surface area contributed by atoms with Gasteiger partial charge in [-0.15, -0.1) is 0 Å². The molecule has 0 spiro atoms. The van der Waals surface area contributed by atoms with Crippen molar-refractivity contribution in [2.24, 2.45) is 11.8 Å². The lowest BCUT2D eigenvalue weighted by Crippen LogP contribution is -2.44. The molecule has 4 unspecified atom stereocenters. The summed E-state index contributed by atoms with van der Waals surface area (Å²) in [5.41, 5.74) is 3.02. The molecule has 1 saturated heterocycles. The Labute approximate surface area is 142 Å². The standard InChI is InChI=1S/C20H24O4/c1-3-23-19(22)13-5-6-14-12(10-13)4-7-16-15(14)8-9-20(2)17(16)11-18(21)24-20/h5-6,10,15-17H,3-4,7-9,11H2,1-2H3. The SMILES string of the molecule is CCOC(=O)c1ccc2c(c1)CCC1C2CCC2(C)OC(=O)CC12. The van der Waals surface area contributed by atoms with E-state index in [-0.39, 0.29) is 17.5 Å². The summed E-state index contributed by atoms with van der Waals surface area (Å²) in [5, 5.41) is 0. The van der Waals surface area contributed by atoms with Gasteiger partial charge in [-0.05, 0) is 74.6 Å². The van der Waals surface area contributed by atoms with Crippen molar-refractivity contribution in [3.63, 3.8) is 0 Å². The fourth-order valence-corrected chi connectivity index (χ4v) is 5.19. The molecule has 2 aliphatic carbocycles. The van der Waals surface area contributed by atoms with Crippen LogP contribution < -0.4 is 0 Å². The van der Waals surface area contributed by atoms with Crippen molar-refractivity contribution in [3.05, 3.63) is 34.9 Å². The molecule has 4 atom stereocenters. The predicted octanol–water partition coefficient (Wildman–Crippen LogP) is 3.62. The molecule has 0 N–H and O–H groups in total. The highest BCUT2D eigenvalue weighted by atomic mass is 16.6. The highest BCUT2D eigenvalue weighted by Crippen LogP contribution is 2.55. The number of hydrogen-bond donors (Lipinski definition) is 0. The molecule has 0 amide bonds. The Bertz CT molecular complexity index is 695. The van der Waals surface area contributed by atoms with Gasteiger partial charge in [0.05, 0.1) is 18.6 Å². The van der Waals surface area contributed by atoms with E-state index in [1.165, 1.54) is 11.1 Å². The summed E-state index contributed by atoms with van der Waals surface area (Å²) in [6, 6.07) is 6.01. The number of carbonyl (C=O) groups excluding carboxylic acids is 2. The molecule has 1 heterocycles. The highest BCUT2D eigenvalue weighted by Gasteiger charge is 2.54. The summed E-state index contributed by atoms with van der Waals surface area (Å²) >= 11 is 0. The Morgan fingerprint density at radius 1 is 1.38 bits per heavy atom. The lowest BCUT2D eigenvalue weighted by molar-refractivity contribution is -0.150. The molecule has 3 aliphatic rings. The second-order valence-corrected chi connectivity index (χ2v) is 7.58. The smallest absolute Gasteiger partial charge is 0.338 e. The van der Waals surface area contributed by atoms with Crippen LogP contribution in [0.4, 0.5) is 0 Å². The minimum atomic E-state index is -0.263. The number of benzene rings is 1. The Morgan fingerprint density at radius 2 is 2.21 bits per heavy atom. The van der Waals surface area contributed by atoms with Gasteiger partial charge in [-0.25, -0.2) is 4.79 Å². The normalized spacial score (nSPS) is 33.9. The molecule has 0 radical (unpaired) electrons. The van der Waals surface area contributed by atoms with Gasteiger partial charge in [-0.2, -0.15) is 0 Å². The first-order valence-electron chi connectivity index (χ1n) is 9.03. The van der Waals surface area contributed by atoms with Crippen LogP contribution in [0.15, 0.2) is 18.2 Å². The average Bonchev–Trinajstić information content (AvgIpc) is 2.88. The van der Waals surface area contributed by atoms with Crippen molar-refractivity contribution < 1.29 is 19.1 Å². The minimum Gasteiger partial charge on any atom is -0.462 e. The zero-order valence-corrected chi connectivity index (χ0v) is 14.3. The number of esters is 2. The minimum absolute atomic E-state index is 0.0356. The molecule has 4 nitrogen and oxygen atoms in total. The van der Waals surface area contributed by atoms with Crippen LogP contribution in [-0.4, -0.2) is 24.1 Å². The molecule has 24 heavy (non-hydrogen) atoms. The number of fused-ring (bicyclic) bond motifs is 5. The monoisotopic (exact) mass is 328 g/mol. The lowest BCUT2D eigenvalue weighted by Gasteiger charge is -2.47. The molecule has 4 rings (SSSR count). The van der Waals surface area contributed by atoms with Crippen molar-refractivity contribution in [3.8, 4) is 0 Å². The largest absolute Gasteiger partial charge is 0.462 e. The van der Waals surface area contributed by atoms with Gasteiger partial charge in [0, 0.05) is 5.92 Å². The van der Waals surface area contributed by atoms with Gasteiger partial charge >= 0.3 is 11.9 Å². The predicted molar refractivity (Wildman–Crippen MR) is 88.8 cm³/mol. The third-order valence-electron chi connectivity index (χ3n) is 6.30. The Morgan fingerprint density at radius 3 is 3.00 bits per heavy atom. The molecule has 1 aliphatic heterocycles. The molecule has 1 saturated carbocycles. The van der Waals surface area contributed by atoms with Crippen molar-refractivity contribution >= 4 is 11.9 Å². The summed E-state index contributed by atoms with van der Waals surface area (Å²) in [6.45, 7) is 4.33. The maximum atomic E-state index is 12.0. The molecule has 4 heteroatoms. The van der Waals surface area contributed by atoms with Crippen molar-refractivity contribution in [1.29, 1.82) is 0 Å². The van der Waals surface area contributed by atoms with E-state index in [4.69, 9.17) is 9.47 Å². The quantitative estimate of drug-likeness (QED) is 0.778. The van der Waals surface area contributed by atoms with E-state index in [0.717, 1.165) is 25.7 Å². The zero-order chi connectivity index (χ0) is 16.9. The molecule has 0 bridgehead atoms. The number of hydrogen-bond acceptors (Lipinski definition) is 4. The second kappa shape index (κ2) is 5.61. The van der Waals surface area contributed by atoms with Gasteiger partial charge in [0.1, 0.15) is 5.60 Å². The molecule has 2 fully saturated rings. The first kappa shape index (κ1) is 15.7. The fraction of sp³-hybridized carbons (Fsp3) is 0.600. The van der Waals surface area contributed by atoms with Crippen molar-refractivity contribution in [1.82, 2.24) is 0 Å². The first-order chi connectivity index (χ1) is 11.5. The number of carbonyl (C=O) groups is 2. The molecular weight excluding hydrogens is 304 g/mol. The Kier molecular flexibility index (Phi) is 3.66. The summed E-state index contributed by atoms with van der Waals surface area (Å²) in [7, 11) is 0. The van der Waals surface area contributed by atoms with Crippen LogP contribution in [-0.2, 0) is 20.7 Å². The van der Waals surface area contributed by atoms with E-state index in [1.54, 1.807) is 0 Å². The Hall–Kier alpha value is -1.84.